The smallest absolute Gasteiger partial charge is 0.253 e. The molecule has 0 bridgehead atoms. The third-order valence-electron chi connectivity index (χ3n) is 6.17. The van der Waals surface area contributed by atoms with Gasteiger partial charge in [0.1, 0.15) is 0 Å². The summed E-state index contributed by atoms with van der Waals surface area (Å²) >= 11 is 0. The zero-order chi connectivity index (χ0) is 18.9. The van der Waals surface area contributed by atoms with Gasteiger partial charge in [0.05, 0.1) is 0 Å². The van der Waals surface area contributed by atoms with Crippen molar-refractivity contribution in [2.75, 3.05) is 26.3 Å². The number of piperidine rings is 1. The van der Waals surface area contributed by atoms with Gasteiger partial charge in [0.25, 0.3) is 5.91 Å². The van der Waals surface area contributed by atoms with Gasteiger partial charge in [0.2, 0.25) is 0 Å². The molecule has 2 aliphatic rings. The summed E-state index contributed by atoms with van der Waals surface area (Å²) in [6.45, 7) is 7.44. The largest absolute Gasteiger partial charge is 0.381 e. The Morgan fingerprint density at radius 2 is 1.78 bits per heavy atom. The molecule has 0 atom stereocenters. The molecule has 1 spiro atoms. The second kappa shape index (κ2) is 7.43. The maximum atomic E-state index is 13.1. The van der Waals surface area contributed by atoms with Crippen molar-refractivity contribution in [1.82, 2.24) is 9.88 Å². The predicted octanol–water partition coefficient (Wildman–Crippen LogP) is 4.40. The summed E-state index contributed by atoms with van der Waals surface area (Å²) in [5.74, 6) is 0.158. The fourth-order valence-electron chi connectivity index (χ4n) is 4.56. The van der Waals surface area contributed by atoms with Crippen LogP contribution in [0.25, 0.3) is 11.1 Å². The Labute approximate surface area is 161 Å². The lowest BCUT2D eigenvalue weighted by Crippen LogP contribution is -2.48. The number of carbonyl (C=O) groups excluding carboxylic acids is 1. The minimum absolute atomic E-state index is 0.158. The van der Waals surface area contributed by atoms with Gasteiger partial charge in [-0.15, -0.1) is 0 Å². The van der Waals surface area contributed by atoms with Gasteiger partial charge in [0.15, 0.2) is 0 Å². The molecule has 142 valence electrons. The number of hydrogen-bond donors (Lipinski definition) is 0. The topological polar surface area (TPSA) is 42.4 Å². The quantitative estimate of drug-likeness (QED) is 0.793. The number of aryl methyl sites for hydroxylation is 2. The number of carbonyl (C=O) groups is 1. The van der Waals surface area contributed by atoms with E-state index in [1.807, 2.05) is 44.2 Å². The van der Waals surface area contributed by atoms with Crippen molar-refractivity contribution in [2.45, 2.75) is 39.5 Å². The Balaban J connectivity index is 1.50. The Kier molecular flexibility index (Phi) is 5.00. The first-order valence-corrected chi connectivity index (χ1v) is 9.98. The molecule has 1 aromatic carbocycles. The van der Waals surface area contributed by atoms with Crippen LogP contribution in [0.1, 0.15) is 47.4 Å². The molecule has 4 rings (SSSR count). The van der Waals surface area contributed by atoms with Gasteiger partial charge in [-0.1, -0.05) is 18.2 Å². The van der Waals surface area contributed by atoms with E-state index in [1.54, 1.807) is 0 Å². The molecule has 4 heteroatoms. The molecule has 0 saturated carbocycles. The Bertz CT molecular complexity index is 817. The molecule has 27 heavy (non-hydrogen) atoms. The molecule has 2 aromatic rings. The molecule has 2 fully saturated rings. The maximum absolute atomic E-state index is 13.1. The van der Waals surface area contributed by atoms with Crippen molar-refractivity contribution in [3.8, 4) is 11.1 Å². The first-order valence-electron chi connectivity index (χ1n) is 9.98. The van der Waals surface area contributed by atoms with Gasteiger partial charge >= 0.3 is 0 Å². The molecule has 2 saturated heterocycles. The highest BCUT2D eigenvalue weighted by atomic mass is 16.5. The Morgan fingerprint density at radius 1 is 1.04 bits per heavy atom. The van der Waals surface area contributed by atoms with Crippen LogP contribution in [-0.4, -0.2) is 42.1 Å². The molecule has 1 aromatic heterocycles. The molecule has 0 radical (unpaired) electrons. The first-order chi connectivity index (χ1) is 13.1. The van der Waals surface area contributed by atoms with Crippen LogP contribution in [0.3, 0.4) is 0 Å². The maximum Gasteiger partial charge on any atom is 0.253 e. The van der Waals surface area contributed by atoms with E-state index < -0.39 is 0 Å². The molecule has 0 N–H and O–H groups in total. The molecule has 0 aliphatic carbocycles. The van der Waals surface area contributed by atoms with Crippen LogP contribution < -0.4 is 0 Å². The van der Waals surface area contributed by atoms with Crippen LogP contribution >= 0.6 is 0 Å². The van der Waals surface area contributed by atoms with Crippen molar-refractivity contribution in [3.05, 3.63) is 53.3 Å². The number of likely N-dealkylation sites (tertiary alicyclic amines) is 1. The van der Waals surface area contributed by atoms with E-state index in [-0.39, 0.29) is 11.3 Å². The first kappa shape index (κ1) is 18.2. The summed E-state index contributed by atoms with van der Waals surface area (Å²) in [7, 11) is 0. The zero-order valence-corrected chi connectivity index (χ0v) is 16.3. The normalized spacial score (nSPS) is 19.3. The van der Waals surface area contributed by atoms with Crippen molar-refractivity contribution in [3.63, 3.8) is 0 Å². The Hall–Kier alpha value is -2.20. The van der Waals surface area contributed by atoms with Crippen molar-refractivity contribution in [2.24, 2.45) is 5.41 Å². The van der Waals surface area contributed by atoms with Gasteiger partial charge in [-0.2, -0.15) is 0 Å². The monoisotopic (exact) mass is 364 g/mol. The van der Waals surface area contributed by atoms with E-state index >= 15 is 0 Å². The summed E-state index contributed by atoms with van der Waals surface area (Å²) in [5, 5.41) is 0. The van der Waals surface area contributed by atoms with E-state index in [0.717, 1.165) is 73.6 Å². The van der Waals surface area contributed by atoms with Gasteiger partial charge in [-0.05, 0) is 68.7 Å². The van der Waals surface area contributed by atoms with Crippen LogP contribution in [0.15, 0.2) is 36.4 Å². The molecular weight excluding hydrogens is 336 g/mol. The fourth-order valence-corrected chi connectivity index (χ4v) is 4.56. The average molecular weight is 364 g/mol. The average Bonchev–Trinajstić information content (AvgIpc) is 2.68. The summed E-state index contributed by atoms with van der Waals surface area (Å²) < 4.78 is 5.54. The van der Waals surface area contributed by atoms with Crippen LogP contribution in [0.4, 0.5) is 0 Å². The molecule has 1 amide bonds. The number of benzene rings is 1. The Morgan fingerprint density at radius 3 is 2.48 bits per heavy atom. The zero-order valence-electron chi connectivity index (χ0n) is 16.3. The predicted molar refractivity (Wildman–Crippen MR) is 107 cm³/mol. The highest BCUT2D eigenvalue weighted by Crippen LogP contribution is 2.39. The van der Waals surface area contributed by atoms with E-state index in [1.165, 1.54) is 6.42 Å². The van der Waals surface area contributed by atoms with E-state index in [0.29, 0.717) is 0 Å². The van der Waals surface area contributed by atoms with Crippen molar-refractivity contribution >= 4 is 5.91 Å². The summed E-state index contributed by atoms with van der Waals surface area (Å²) in [6.07, 6.45) is 4.47. The second-order valence-electron chi connectivity index (χ2n) is 8.11. The fraction of sp³-hybridized carbons (Fsp3) is 0.478. The third-order valence-corrected chi connectivity index (χ3v) is 6.17. The van der Waals surface area contributed by atoms with Crippen LogP contribution in [0.2, 0.25) is 0 Å². The van der Waals surface area contributed by atoms with Gasteiger partial charge in [-0.25, -0.2) is 0 Å². The van der Waals surface area contributed by atoms with Crippen molar-refractivity contribution < 1.29 is 9.53 Å². The molecule has 3 heterocycles. The second-order valence-corrected chi connectivity index (χ2v) is 8.11. The molecule has 4 nitrogen and oxygen atoms in total. The number of nitrogens with zero attached hydrogens (tertiary/aromatic N) is 2. The minimum atomic E-state index is 0.158. The van der Waals surface area contributed by atoms with Gasteiger partial charge < -0.3 is 9.64 Å². The number of ether oxygens (including phenoxy) is 1. The third kappa shape index (κ3) is 3.77. The minimum Gasteiger partial charge on any atom is -0.381 e. The lowest BCUT2D eigenvalue weighted by Gasteiger charge is -2.45. The van der Waals surface area contributed by atoms with E-state index in [9.17, 15) is 4.79 Å². The lowest BCUT2D eigenvalue weighted by atomic mass is 9.74. The summed E-state index contributed by atoms with van der Waals surface area (Å²) in [5.41, 5.74) is 5.33. The van der Waals surface area contributed by atoms with Crippen LogP contribution in [-0.2, 0) is 4.74 Å². The molecule has 2 aliphatic heterocycles. The number of hydrogen-bond acceptors (Lipinski definition) is 3. The lowest BCUT2D eigenvalue weighted by molar-refractivity contribution is -0.0229. The van der Waals surface area contributed by atoms with E-state index in [4.69, 9.17) is 4.74 Å². The number of pyridine rings is 1. The van der Waals surface area contributed by atoms with Gasteiger partial charge in [0, 0.05) is 48.8 Å². The standard InChI is InChI=1S/C23H28N2O2/c1-17-4-9-21(18(2)24-17)19-5-7-20(8-6-19)22(26)25-13-3-10-23(16-25)11-14-27-15-12-23/h4-9H,3,10-16H2,1-2H3. The van der Waals surface area contributed by atoms with E-state index in [2.05, 4.69) is 16.0 Å². The van der Waals surface area contributed by atoms with Crippen molar-refractivity contribution in [1.29, 1.82) is 0 Å². The SMILES string of the molecule is Cc1ccc(-c2ccc(C(=O)N3CCCC4(CCOCC4)C3)cc2)c(C)n1. The number of rotatable bonds is 2. The van der Waals surface area contributed by atoms with Crippen LogP contribution in [0, 0.1) is 19.3 Å². The summed E-state index contributed by atoms with van der Waals surface area (Å²) in [6, 6.07) is 12.1. The molecular formula is C23H28N2O2. The highest BCUT2D eigenvalue weighted by molar-refractivity contribution is 5.94. The molecule has 0 unspecified atom stereocenters. The number of aromatic nitrogens is 1. The summed E-state index contributed by atoms with van der Waals surface area (Å²) in [4.78, 5) is 19.7. The number of amides is 1. The van der Waals surface area contributed by atoms with Gasteiger partial charge in [-0.3, -0.25) is 9.78 Å². The highest BCUT2D eigenvalue weighted by Gasteiger charge is 2.38. The van der Waals surface area contributed by atoms with Crippen LogP contribution in [0.5, 0.6) is 0 Å².